The maximum absolute atomic E-state index is 5.63. The van der Waals surface area contributed by atoms with Crippen molar-refractivity contribution in [1.82, 2.24) is 15.1 Å². The van der Waals surface area contributed by atoms with E-state index in [0.29, 0.717) is 19.0 Å². The molecule has 0 saturated carbocycles. The summed E-state index contributed by atoms with van der Waals surface area (Å²) in [5, 5.41) is 7.13. The Labute approximate surface area is 89.7 Å². The van der Waals surface area contributed by atoms with E-state index < -0.39 is 0 Å². The molecular weight excluding hydrogens is 190 g/mol. The Morgan fingerprint density at radius 3 is 3.07 bits per heavy atom. The summed E-state index contributed by atoms with van der Waals surface area (Å²) < 4.78 is 1.81. The monoisotopic (exact) mass is 207 g/mol. The Bertz CT molecular complexity index is 364. The third kappa shape index (κ3) is 3.46. The number of hydrogen-bond acceptors (Lipinski definition) is 2. The molecule has 15 heavy (non-hydrogen) atoms. The van der Waals surface area contributed by atoms with E-state index in [9.17, 15) is 0 Å². The predicted molar refractivity (Wildman–Crippen MR) is 61.5 cm³/mol. The molecular formula is C10H17N5. The van der Waals surface area contributed by atoms with Crippen LogP contribution in [0.15, 0.2) is 23.7 Å². The number of nitrogens with one attached hydrogen (secondary N) is 1. The fourth-order valence-corrected chi connectivity index (χ4v) is 1.21. The standard InChI is InChI=1S/C10H17N5/c1-4-5-12-10(11)13-7-9-6-8(2)14-15(9)3/h4,6H,1,5,7H2,2-3H3,(H3,11,12,13). The van der Waals surface area contributed by atoms with Crippen LogP contribution in [0, 0.1) is 6.92 Å². The Kier molecular flexibility index (Phi) is 3.91. The van der Waals surface area contributed by atoms with Crippen molar-refractivity contribution < 1.29 is 0 Å². The van der Waals surface area contributed by atoms with Crippen LogP contribution < -0.4 is 11.1 Å². The van der Waals surface area contributed by atoms with Crippen molar-refractivity contribution in [1.29, 1.82) is 0 Å². The largest absolute Gasteiger partial charge is 0.370 e. The quantitative estimate of drug-likeness (QED) is 0.424. The number of guanidine groups is 1. The number of hydrogen-bond donors (Lipinski definition) is 2. The maximum atomic E-state index is 5.63. The third-order valence-corrected chi connectivity index (χ3v) is 1.94. The minimum absolute atomic E-state index is 0.425. The van der Waals surface area contributed by atoms with Crippen LogP contribution in [0.5, 0.6) is 0 Å². The van der Waals surface area contributed by atoms with Crippen LogP contribution in [0.1, 0.15) is 11.4 Å². The van der Waals surface area contributed by atoms with Crippen LogP contribution in [0.2, 0.25) is 0 Å². The van der Waals surface area contributed by atoms with Gasteiger partial charge in [0.2, 0.25) is 0 Å². The average Bonchev–Trinajstić information content (AvgIpc) is 2.51. The second-order valence-electron chi connectivity index (χ2n) is 3.27. The smallest absolute Gasteiger partial charge is 0.189 e. The van der Waals surface area contributed by atoms with Crippen molar-refractivity contribution in [2.45, 2.75) is 13.5 Å². The normalized spacial score (nSPS) is 11.5. The van der Waals surface area contributed by atoms with Gasteiger partial charge in [-0.2, -0.15) is 5.10 Å². The van der Waals surface area contributed by atoms with Gasteiger partial charge >= 0.3 is 0 Å². The number of aliphatic imine (C=N–C) groups is 1. The third-order valence-electron chi connectivity index (χ3n) is 1.94. The topological polar surface area (TPSA) is 68.2 Å². The number of aryl methyl sites for hydroxylation is 2. The maximum Gasteiger partial charge on any atom is 0.189 e. The molecule has 82 valence electrons. The molecule has 0 radical (unpaired) electrons. The molecule has 0 fully saturated rings. The van der Waals surface area contributed by atoms with E-state index in [4.69, 9.17) is 5.73 Å². The molecule has 0 unspecified atom stereocenters. The van der Waals surface area contributed by atoms with Crippen LogP contribution in [-0.2, 0) is 13.6 Å². The van der Waals surface area contributed by atoms with Gasteiger partial charge in [0.15, 0.2) is 5.96 Å². The average molecular weight is 207 g/mol. The van der Waals surface area contributed by atoms with Gasteiger partial charge in [-0.05, 0) is 13.0 Å². The Balaban J connectivity index is 2.55. The lowest BCUT2D eigenvalue weighted by Gasteiger charge is -2.02. The van der Waals surface area contributed by atoms with Gasteiger partial charge in [0, 0.05) is 13.6 Å². The van der Waals surface area contributed by atoms with E-state index in [1.54, 1.807) is 10.8 Å². The minimum atomic E-state index is 0.425. The van der Waals surface area contributed by atoms with Gasteiger partial charge in [-0.25, -0.2) is 4.99 Å². The van der Waals surface area contributed by atoms with E-state index in [2.05, 4.69) is 22.0 Å². The van der Waals surface area contributed by atoms with Gasteiger partial charge in [0.25, 0.3) is 0 Å². The molecule has 5 heteroatoms. The van der Waals surface area contributed by atoms with Crippen molar-refractivity contribution in [2.24, 2.45) is 17.8 Å². The number of aromatic nitrogens is 2. The summed E-state index contributed by atoms with van der Waals surface area (Å²) in [6, 6.07) is 1.99. The summed E-state index contributed by atoms with van der Waals surface area (Å²) in [7, 11) is 1.89. The summed E-state index contributed by atoms with van der Waals surface area (Å²) in [4.78, 5) is 4.18. The van der Waals surface area contributed by atoms with Crippen molar-refractivity contribution in [3.8, 4) is 0 Å². The molecule has 0 aliphatic rings. The molecule has 0 amide bonds. The summed E-state index contributed by atoms with van der Waals surface area (Å²) in [5.41, 5.74) is 7.65. The summed E-state index contributed by atoms with van der Waals surface area (Å²) in [6.07, 6.45) is 1.73. The molecule has 3 N–H and O–H groups in total. The molecule has 0 aliphatic carbocycles. The predicted octanol–water partition coefficient (Wildman–Crippen LogP) is 0.319. The first-order chi connectivity index (χ1) is 7.13. The Hall–Kier alpha value is -1.78. The van der Waals surface area contributed by atoms with Crippen LogP contribution in [0.4, 0.5) is 0 Å². The second-order valence-corrected chi connectivity index (χ2v) is 3.27. The highest BCUT2D eigenvalue weighted by molar-refractivity contribution is 5.77. The molecule has 0 aromatic carbocycles. The van der Waals surface area contributed by atoms with Crippen molar-refractivity contribution in [3.63, 3.8) is 0 Å². The van der Waals surface area contributed by atoms with Crippen LogP contribution in [0.3, 0.4) is 0 Å². The van der Waals surface area contributed by atoms with E-state index in [-0.39, 0.29) is 0 Å². The van der Waals surface area contributed by atoms with Crippen molar-refractivity contribution in [2.75, 3.05) is 6.54 Å². The van der Waals surface area contributed by atoms with Gasteiger partial charge in [0.1, 0.15) is 0 Å². The number of rotatable bonds is 4. The van der Waals surface area contributed by atoms with Gasteiger partial charge in [-0.1, -0.05) is 6.08 Å². The van der Waals surface area contributed by atoms with Gasteiger partial charge in [-0.15, -0.1) is 6.58 Å². The Morgan fingerprint density at radius 2 is 2.53 bits per heavy atom. The van der Waals surface area contributed by atoms with E-state index in [1.807, 2.05) is 20.0 Å². The van der Waals surface area contributed by atoms with E-state index >= 15 is 0 Å². The van der Waals surface area contributed by atoms with Crippen LogP contribution in [0.25, 0.3) is 0 Å². The van der Waals surface area contributed by atoms with Gasteiger partial charge in [0.05, 0.1) is 17.9 Å². The molecule has 5 nitrogen and oxygen atoms in total. The fraction of sp³-hybridized carbons (Fsp3) is 0.400. The fourth-order valence-electron chi connectivity index (χ4n) is 1.21. The van der Waals surface area contributed by atoms with E-state index in [1.165, 1.54) is 0 Å². The SMILES string of the molecule is C=CCNC(N)=NCc1cc(C)nn1C. The second kappa shape index (κ2) is 5.19. The number of nitrogens with zero attached hydrogens (tertiary/aromatic N) is 3. The molecule has 0 bridgehead atoms. The molecule has 1 aromatic heterocycles. The molecule has 1 rings (SSSR count). The molecule has 1 aromatic rings. The zero-order chi connectivity index (χ0) is 11.3. The molecule has 1 heterocycles. The van der Waals surface area contributed by atoms with Gasteiger partial charge < -0.3 is 11.1 Å². The van der Waals surface area contributed by atoms with Crippen LogP contribution in [-0.4, -0.2) is 22.3 Å². The summed E-state index contributed by atoms with van der Waals surface area (Å²) >= 11 is 0. The first-order valence-electron chi connectivity index (χ1n) is 4.77. The zero-order valence-electron chi connectivity index (χ0n) is 9.20. The van der Waals surface area contributed by atoms with Crippen LogP contribution >= 0.6 is 0 Å². The summed E-state index contributed by atoms with van der Waals surface area (Å²) in [5.74, 6) is 0.425. The molecule has 0 spiro atoms. The lowest BCUT2D eigenvalue weighted by atomic mass is 10.4. The molecule has 0 aliphatic heterocycles. The Morgan fingerprint density at radius 1 is 1.80 bits per heavy atom. The van der Waals surface area contributed by atoms with Gasteiger partial charge in [-0.3, -0.25) is 4.68 Å². The first-order valence-corrected chi connectivity index (χ1v) is 4.77. The first kappa shape index (κ1) is 11.3. The van der Waals surface area contributed by atoms with Crippen molar-refractivity contribution in [3.05, 3.63) is 30.1 Å². The highest BCUT2D eigenvalue weighted by Crippen LogP contribution is 2.02. The van der Waals surface area contributed by atoms with Crippen molar-refractivity contribution >= 4 is 5.96 Å². The minimum Gasteiger partial charge on any atom is -0.370 e. The zero-order valence-corrected chi connectivity index (χ0v) is 9.20. The lowest BCUT2D eigenvalue weighted by molar-refractivity contribution is 0.704. The molecule has 0 saturated heterocycles. The number of nitrogens with two attached hydrogens (primary N) is 1. The highest BCUT2D eigenvalue weighted by atomic mass is 15.3. The van der Waals surface area contributed by atoms with E-state index in [0.717, 1.165) is 11.4 Å². The highest BCUT2D eigenvalue weighted by Gasteiger charge is 2.00. The summed E-state index contributed by atoms with van der Waals surface area (Å²) in [6.45, 7) is 6.69. The lowest BCUT2D eigenvalue weighted by Crippen LogP contribution is -2.31. The molecule has 0 atom stereocenters.